The Morgan fingerprint density at radius 1 is 1.07 bits per heavy atom. The fraction of sp³-hybridized carbons (Fsp3) is 0.286. The number of hydrogen-bond donors (Lipinski definition) is 0. The van der Waals surface area contributed by atoms with Crippen LogP contribution in [0.2, 0.25) is 0 Å². The molecular weight excluding hydrogens is 359 g/mol. The summed E-state index contributed by atoms with van der Waals surface area (Å²) in [6, 6.07) is 18.9. The lowest BCUT2D eigenvalue weighted by atomic mass is 9.93. The normalized spacial score (nSPS) is 11.3. The van der Waals surface area contributed by atoms with Crippen LogP contribution in [0.25, 0.3) is 11.4 Å². The number of benzene rings is 2. The van der Waals surface area contributed by atoms with Gasteiger partial charge >= 0.3 is 0 Å². The first kappa shape index (κ1) is 19.1. The molecule has 0 radical (unpaired) electrons. The highest BCUT2D eigenvalue weighted by atomic mass is 32.2. The van der Waals surface area contributed by atoms with E-state index in [1.54, 1.807) is 30.0 Å². The number of hydrogen-bond acceptors (Lipinski definition) is 4. The maximum Gasteiger partial charge on any atom is 0.191 e. The Bertz CT molecular complexity index is 944. The molecule has 1 heterocycles. The van der Waals surface area contributed by atoms with Crippen LogP contribution >= 0.6 is 11.8 Å². The summed E-state index contributed by atoms with van der Waals surface area (Å²) in [6.45, 7) is 4.40. The van der Waals surface area contributed by atoms with Crippen molar-refractivity contribution in [2.75, 3.05) is 5.75 Å². The van der Waals surface area contributed by atoms with Gasteiger partial charge < -0.3 is 0 Å². The second-order valence-corrected chi connectivity index (χ2v) is 8.01. The first-order chi connectivity index (χ1) is 13.0. The molecule has 0 atom stereocenters. The molecule has 138 valence electrons. The third-order valence-corrected chi connectivity index (χ3v) is 5.24. The van der Waals surface area contributed by atoms with Crippen molar-refractivity contribution in [2.24, 2.45) is 5.41 Å². The summed E-state index contributed by atoms with van der Waals surface area (Å²) < 4.78 is 16.3. The van der Waals surface area contributed by atoms with Gasteiger partial charge in [-0.1, -0.05) is 54.2 Å². The molecule has 2 aromatic carbocycles. The Balaban J connectivity index is 1.91. The summed E-state index contributed by atoms with van der Waals surface area (Å²) in [4.78, 5) is 0. The van der Waals surface area contributed by atoms with Crippen molar-refractivity contribution >= 4 is 11.8 Å². The maximum absolute atomic E-state index is 14.3. The lowest BCUT2D eigenvalue weighted by Gasteiger charge is -2.15. The summed E-state index contributed by atoms with van der Waals surface area (Å²) in [5.41, 5.74) is 1.14. The van der Waals surface area contributed by atoms with E-state index in [-0.39, 0.29) is 11.2 Å². The van der Waals surface area contributed by atoms with E-state index in [0.29, 0.717) is 17.9 Å². The topological polar surface area (TPSA) is 54.5 Å². The number of nitrogens with zero attached hydrogens (tertiary/aromatic N) is 4. The van der Waals surface area contributed by atoms with Gasteiger partial charge in [0.2, 0.25) is 0 Å². The zero-order chi connectivity index (χ0) is 19.3. The summed E-state index contributed by atoms with van der Waals surface area (Å²) in [6.07, 6.45) is 0.737. The SMILES string of the molecule is CC(C)(C#N)CCSc1nnc(-c2ccccc2F)n1Cc1ccccc1. The lowest BCUT2D eigenvalue weighted by Crippen LogP contribution is -2.09. The first-order valence-corrected chi connectivity index (χ1v) is 9.75. The van der Waals surface area contributed by atoms with E-state index < -0.39 is 0 Å². The molecule has 0 spiro atoms. The quantitative estimate of drug-likeness (QED) is 0.531. The van der Waals surface area contributed by atoms with Crippen LogP contribution in [-0.4, -0.2) is 20.5 Å². The Morgan fingerprint density at radius 2 is 1.78 bits per heavy atom. The number of rotatable bonds is 7. The van der Waals surface area contributed by atoms with Crippen LogP contribution in [0.5, 0.6) is 0 Å². The molecule has 0 fully saturated rings. The van der Waals surface area contributed by atoms with E-state index in [2.05, 4.69) is 16.3 Å². The van der Waals surface area contributed by atoms with Gasteiger partial charge in [0.1, 0.15) is 5.82 Å². The van der Waals surface area contributed by atoms with Gasteiger partial charge in [0.05, 0.1) is 23.6 Å². The second-order valence-electron chi connectivity index (χ2n) is 6.95. The molecule has 1 aromatic heterocycles. The number of aromatic nitrogens is 3. The van der Waals surface area contributed by atoms with E-state index in [1.807, 2.05) is 48.7 Å². The van der Waals surface area contributed by atoms with Gasteiger partial charge in [-0.05, 0) is 38.0 Å². The highest BCUT2D eigenvalue weighted by Gasteiger charge is 2.20. The van der Waals surface area contributed by atoms with Crippen molar-refractivity contribution in [3.63, 3.8) is 0 Å². The third kappa shape index (κ3) is 4.75. The second kappa shape index (κ2) is 8.36. The van der Waals surface area contributed by atoms with Crippen LogP contribution in [0, 0.1) is 22.6 Å². The molecule has 4 nitrogen and oxygen atoms in total. The zero-order valence-corrected chi connectivity index (χ0v) is 16.2. The van der Waals surface area contributed by atoms with Crippen LogP contribution in [0.15, 0.2) is 59.8 Å². The van der Waals surface area contributed by atoms with Crippen molar-refractivity contribution in [1.82, 2.24) is 14.8 Å². The van der Waals surface area contributed by atoms with Gasteiger partial charge in [0, 0.05) is 5.75 Å². The maximum atomic E-state index is 14.3. The van der Waals surface area contributed by atoms with Crippen LogP contribution in [-0.2, 0) is 6.54 Å². The van der Waals surface area contributed by atoms with E-state index in [0.717, 1.165) is 22.9 Å². The average Bonchev–Trinajstić information content (AvgIpc) is 3.05. The molecule has 27 heavy (non-hydrogen) atoms. The summed E-state index contributed by atoms with van der Waals surface area (Å²) in [5.74, 6) is 0.936. The molecule has 3 aromatic rings. The van der Waals surface area contributed by atoms with Crippen LogP contribution in [0.1, 0.15) is 25.8 Å². The minimum Gasteiger partial charge on any atom is -0.297 e. The largest absolute Gasteiger partial charge is 0.297 e. The Morgan fingerprint density at radius 3 is 2.48 bits per heavy atom. The van der Waals surface area contributed by atoms with Crippen molar-refractivity contribution in [3.8, 4) is 17.5 Å². The van der Waals surface area contributed by atoms with E-state index in [1.165, 1.54) is 6.07 Å². The molecular formula is C21H21FN4S. The molecule has 0 saturated carbocycles. The predicted molar refractivity (Wildman–Crippen MR) is 106 cm³/mol. The fourth-order valence-electron chi connectivity index (χ4n) is 2.60. The van der Waals surface area contributed by atoms with Gasteiger partial charge in [-0.3, -0.25) is 4.57 Å². The van der Waals surface area contributed by atoms with Crippen LogP contribution in [0.4, 0.5) is 4.39 Å². The predicted octanol–water partition coefficient (Wildman–Crippen LogP) is 5.16. The third-order valence-electron chi connectivity index (χ3n) is 4.28. The Hall–Kier alpha value is -2.65. The van der Waals surface area contributed by atoms with Gasteiger partial charge in [-0.25, -0.2) is 4.39 Å². The number of nitriles is 1. The van der Waals surface area contributed by atoms with E-state index >= 15 is 0 Å². The molecule has 0 aliphatic rings. The van der Waals surface area contributed by atoms with Gasteiger partial charge in [0.25, 0.3) is 0 Å². The molecule has 0 N–H and O–H groups in total. The van der Waals surface area contributed by atoms with Gasteiger partial charge in [-0.15, -0.1) is 10.2 Å². The minimum atomic E-state index is -0.383. The zero-order valence-electron chi connectivity index (χ0n) is 15.4. The summed E-state index contributed by atoms with van der Waals surface area (Å²) in [7, 11) is 0. The molecule has 3 rings (SSSR count). The van der Waals surface area contributed by atoms with Crippen molar-refractivity contribution in [1.29, 1.82) is 5.26 Å². The first-order valence-electron chi connectivity index (χ1n) is 8.76. The summed E-state index contributed by atoms with van der Waals surface area (Å²) in [5, 5.41) is 18.5. The van der Waals surface area contributed by atoms with Gasteiger partial charge in [-0.2, -0.15) is 5.26 Å². The van der Waals surface area contributed by atoms with Gasteiger partial charge in [0.15, 0.2) is 11.0 Å². The summed E-state index contributed by atoms with van der Waals surface area (Å²) >= 11 is 1.55. The van der Waals surface area contributed by atoms with Crippen molar-refractivity contribution in [3.05, 3.63) is 66.0 Å². The lowest BCUT2D eigenvalue weighted by molar-refractivity contribution is 0.481. The van der Waals surface area contributed by atoms with Crippen molar-refractivity contribution < 1.29 is 4.39 Å². The monoisotopic (exact) mass is 380 g/mol. The molecule has 0 aliphatic heterocycles. The standard InChI is InChI=1S/C21H21FN4S/c1-21(2,15-23)12-13-27-20-25-24-19(17-10-6-7-11-18(17)22)26(20)14-16-8-4-3-5-9-16/h3-11H,12-14H2,1-2H3. The highest BCUT2D eigenvalue weighted by molar-refractivity contribution is 7.99. The number of halogens is 1. The smallest absolute Gasteiger partial charge is 0.191 e. The molecule has 0 bridgehead atoms. The fourth-order valence-corrected chi connectivity index (χ4v) is 3.80. The number of thioether (sulfide) groups is 1. The highest BCUT2D eigenvalue weighted by Crippen LogP contribution is 2.29. The molecule has 6 heteroatoms. The molecule has 0 amide bonds. The Labute approximate surface area is 163 Å². The molecule has 0 aliphatic carbocycles. The van der Waals surface area contributed by atoms with E-state index in [4.69, 9.17) is 0 Å². The average molecular weight is 380 g/mol. The molecule has 0 saturated heterocycles. The van der Waals surface area contributed by atoms with Crippen LogP contribution < -0.4 is 0 Å². The van der Waals surface area contributed by atoms with Crippen LogP contribution in [0.3, 0.4) is 0 Å². The Kier molecular flexibility index (Phi) is 5.92. The van der Waals surface area contributed by atoms with E-state index in [9.17, 15) is 9.65 Å². The van der Waals surface area contributed by atoms with Crippen molar-refractivity contribution in [2.45, 2.75) is 32.0 Å². The molecule has 0 unspecified atom stereocenters. The minimum absolute atomic E-state index is 0.318.